The molecule has 0 bridgehead atoms. The van der Waals surface area contributed by atoms with E-state index >= 15 is 0 Å². The molecule has 4 heterocycles. The minimum absolute atomic E-state index is 0.0143. The second kappa shape index (κ2) is 7.38. The molecule has 3 aromatic heterocycles. The highest BCUT2D eigenvalue weighted by Crippen LogP contribution is 2.37. The molecule has 1 aliphatic heterocycles. The topological polar surface area (TPSA) is 88.8 Å². The summed E-state index contributed by atoms with van der Waals surface area (Å²) < 4.78 is 2.02. The quantitative estimate of drug-likeness (QED) is 0.490. The maximum atomic E-state index is 10.7. The van der Waals surface area contributed by atoms with Crippen LogP contribution in [0, 0.1) is 0 Å². The van der Waals surface area contributed by atoms with Crippen molar-refractivity contribution in [3.8, 4) is 28.1 Å². The third kappa shape index (κ3) is 3.84. The standard InChI is InChI=1S/C25H28N6O/c1-24(2)13-19(14-25(3,4)30-24)31-23-18(15-27-31)11-21(28-29-23)20-6-5-17(12-22(20)32)16-7-9-26-10-8-16/h5-12,15,19,30,32H,13-14H2,1-4H3. The van der Waals surface area contributed by atoms with Crippen LogP contribution >= 0.6 is 0 Å². The van der Waals surface area contributed by atoms with Crippen LogP contribution in [0.2, 0.25) is 0 Å². The summed E-state index contributed by atoms with van der Waals surface area (Å²) in [6.07, 6.45) is 7.25. The van der Waals surface area contributed by atoms with Gasteiger partial charge in [-0.25, -0.2) is 4.68 Å². The van der Waals surface area contributed by atoms with E-state index in [4.69, 9.17) is 0 Å². The Morgan fingerprint density at radius 2 is 1.66 bits per heavy atom. The number of phenolic OH excluding ortho intramolecular Hbond substituents is 1. The van der Waals surface area contributed by atoms with Crippen LogP contribution in [0.4, 0.5) is 0 Å². The highest BCUT2D eigenvalue weighted by atomic mass is 16.3. The van der Waals surface area contributed by atoms with Gasteiger partial charge in [0.25, 0.3) is 0 Å². The molecule has 0 unspecified atom stereocenters. The average molecular weight is 429 g/mol. The number of pyridine rings is 1. The summed E-state index contributed by atoms with van der Waals surface area (Å²) in [6, 6.07) is 11.6. The first-order valence-electron chi connectivity index (χ1n) is 10.9. The van der Waals surface area contributed by atoms with Gasteiger partial charge in [0.15, 0.2) is 5.65 Å². The first-order valence-corrected chi connectivity index (χ1v) is 10.9. The molecule has 1 saturated heterocycles. The molecular weight excluding hydrogens is 400 g/mol. The predicted octanol–water partition coefficient (Wildman–Crippen LogP) is 4.74. The van der Waals surface area contributed by atoms with E-state index in [-0.39, 0.29) is 22.9 Å². The number of aromatic nitrogens is 5. The Hall–Kier alpha value is -3.32. The van der Waals surface area contributed by atoms with Crippen LogP contribution in [0.1, 0.15) is 46.6 Å². The molecule has 4 aromatic rings. The second-order valence-corrected chi connectivity index (χ2v) is 10.0. The summed E-state index contributed by atoms with van der Waals surface area (Å²) in [5, 5.41) is 29.0. The van der Waals surface area contributed by atoms with E-state index < -0.39 is 0 Å². The summed E-state index contributed by atoms with van der Waals surface area (Å²) in [4.78, 5) is 4.05. The van der Waals surface area contributed by atoms with Gasteiger partial charge in [0.05, 0.1) is 17.9 Å². The molecular formula is C25H28N6O. The Bertz CT molecular complexity index is 1260. The fourth-order valence-electron chi connectivity index (χ4n) is 5.16. The molecule has 0 aliphatic carbocycles. The van der Waals surface area contributed by atoms with Crippen LogP contribution in [0.5, 0.6) is 5.75 Å². The summed E-state index contributed by atoms with van der Waals surface area (Å²) >= 11 is 0. The zero-order valence-corrected chi connectivity index (χ0v) is 18.9. The summed E-state index contributed by atoms with van der Waals surface area (Å²) in [6.45, 7) is 8.92. The van der Waals surface area contributed by atoms with Crippen LogP contribution in [-0.4, -0.2) is 41.1 Å². The van der Waals surface area contributed by atoms with E-state index in [0.717, 1.165) is 35.0 Å². The van der Waals surface area contributed by atoms with Crippen molar-refractivity contribution in [1.82, 2.24) is 30.3 Å². The van der Waals surface area contributed by atoms with Crippen molar-refractivity contribution >= 4 is 11.0 Å². The van der Waals surface area contributed by atoms with E-state index in [1.165, 1.54) is 0 Å². The molecule has 2 N–H and O–H groups in total. The number of nitrogens with zero attached hydrogens (tertiary/aromatic N) is 5. The van der Waals surface area contributed by atoms with Crippen LogP contribution in [0.15, 0.2) is 55.0 Å². The maximum Gasteiger partial charge on any atom is 0.180 e. The number of fused-ring (bicyclic) bond motifs is 1. The number of hydrogen-bond acceptors (Lipinski definition) is 6. The van der Waals surface area contributed by atoms with Crippen molar-refractivity contribution in [3.05, 3.63) is 55.0 Å². The van der Waals surface area contributed by atoms with Gasteiger partial charge in [-0.3, -0.25) is 4.98 Å². The van der Waals surface area contributed by atoms with Gasteiger partial charge in [-0.2, -0.15) is 5.10 Å². The molecule has 164 valence electrons. The number of aromatic hydroxyl groups is 1. The molecule has 1 aromatic carbocycles. The fourth-order valence-corrected chi connectivity index (χ4v) is 5.16. The van der Waals surface area contributed by atoms with Gasteiger partial charge in [-0.1, -0.05) is 6.07 Å². The Labute approximate surface area is 187 Å². The lowest BCUT2D eigenvalue weighted by molar-refractivity contribution is 0.128. The minimum Gasteiger partial charge on any atom is -0.507 e. The van der Waals surface area contributed by atoms with Crippen LogP contribution in [0.25, 0.3) is 33.4 Å². The zero-order chi connectivity index (χ0) is 22.5. The summed E-state index contributed by atoms with van der Waals surface area (Å²) in [5.74, 6) is 0.169. The van der Waals surface area contributed by atoms with Crippen molar-refractivity contribution < 1.29 is 5.11 Å². The van der Waals surface area contributed by atoms with Crippen molar-refractivity contribution in [2.24, 2.45) is 0 Å². The summed E-state index contributed by atoms with van der Waals surface area (Å²) in [5.41, 5.74) is 4.00. The first kappa shape index (κ1) is 20.6. The van der Waals surface area contributed by atoms with Gasteiger partial charge >= 0.3 is 0 Å². The first-order chi connectivity index (χ1) is 15.2. The maximum absolute atomic E-state index is 10.7. The lowest BCUT2D eigenvalue weighted by atomic mass is 9.79. The molecule has 32 heavy (non-hydrogen) atoms. The van der Waals surface area contributed by atoms with Gasteiger partial charge in [-0.15, -0.1) is 10.2 Å². The van der Waals surface area contributed by atoms with Gasteiger partial charge in [0.1, 0.15) is 5.75 Å². The summed E-state index contributed by atoms with van der Waals surface area (Å²) in [7, 11) is 0. The second-order valence-electron chi connectivity index (χ2n) is 10.0. The average Bonchev–Trinajstić information content (AvgIpc) is 3.15. The Morgan fingerprint density at radius 3 is 2.34 bits per heavy atom. The predicted molar refractivity (Wildman–Crippen MR) is 125 cm³/mol. The number of hydrogen-bond donors (Lipinski definition) is 2. The largest absolute Gasteiger partial charge is 0.507 e. The lowest BCUT2D eigenvalue weighted by Crippen LogP contribution is -2.58. The Kier molecular flexibility index (Phi) is 4.74. The number of piperidine rings is 1. The lowest BCUT2D eigenvalue weighted by Gasteiger charge is -2.46. The molecule has 1 aliphatic rings. The molecule has 0 radical (unpaired) electrons. The number of rotatable bonds is 3. The van der Waals surface area contributed by atoms with Crippen LogP contribution in [-0.2, 0) is 0 Å². The zero-order valence-electron chi connectivity index (χ0n) is 18.9. The molecule has 1 fully saturated rings. The van der Waals surface area contributed by atoms with E-state index in [0.29, 0.717) is 11.3 Å². The number of benzene rings is 1. The van der Waals surface area contributed by atoms with Gasteiger partial charge < -0.3 is 10.4 Å². The van der Waals surface area contributed by atoms with Crippen LogP contribution in [0.3, 0.4) is 0 Å². The smallest absolute Gasteiger partial charge is 0.180 e. The molecule has 0 atom stereocenters. The fraction of sp³-hybridized carbons (Fsp3) is 0.360. The third-order valence-electron chi connectivity index (χ3n) is 6.14. The normalized spacial score (nSPS) is 18.1. The highest BCUT2D eigenvalue weighted by Gasteiger charge is 2.39. The van der Waals surface area contributed by atoms with Crippen molar-refractivity contribution in [2.75, 3.05) is 0 Å². The Morgan fingerprint density at radius 1 is 0.938 bits per heavy atom. The third-order valence-corrected chi connectivity index (χ3v) is 6.14. The van der Waals surface area contributed by atoms with E-state index in [1.54, 1.807) is 18.5 Å². The van der Waals surface area contributed by atoms with Crippen molar-refractivity contribution in [2.45, 2.75) is 57.7 Å². The molecule has 0 amide bonds. The molecule has 0 spiro atoms. The van der Waals surface area contributed by atoms with Gasteiger partial charge in [0, 0.05) is 34.4 Å². The SMILES string of the molecule is CC1(C)CC(n2ncc3cc(-c4ccc(-c5ccncc5)cc4O)nnc32)CC(C)(C)N1. The Balaban J connectivity index is 1.48. The van der Waals surface area contributed by atoms with Crippen LogP contribution < -0.4 is 5.32 Å². The van der Waals surface area contributed by atoms with E-state index in [2.05, 4.69) is 53.3 Å². The monoisotopic (exact) mass is 428 g/mol. The number of nitrogens with one attached hydrogen (secondary N) is 1. The molecule has 7 nitrogen and oxygen atoms in total. The molecule has 7 heteroatoms. The van der Waals surface area contributed by atoms with Gasteiger partial charge in [-0.05, 0) is 82.0 Å². The van der Waals surface area contributed by atoms with Gasteiger partial charge in [0.2, 0.25) is 0 Å². The van der Waals surface area contributed by atoms with Crippen molar-refractivity contribution in [3.63, 3.8) is 0 Å². The minimum atomic E-state index is 0.0143. The number of phenols is 1. The van der Waals surface area contributed by atoms with Crippen molar-refractivity contribution in [1.29, 1.82) is 0 Å². The van der Waals surface area contributed by atoms with E-state index in [1.807, 2.05) is 41.2 Å². The van der Waals surface area contributed by atoms with E-state index in [9.17, 15) is 5.11 Å². The highest BCUT2D eigenvalue weighted by molar-refractivity contribution is 5.81. The molecule has 5 rings (SSSR count). The molecule has 0 saturated carbocycles.